The minimum Gasteiger partial charge on any atom is -0.478 e. The van der Waals surface area contributed by atoms with Crippen molar-refractivity contribution in [2.75, 3.05) is 6.54 Å². The molecule has 4 aromatic rings. The van der Waals surface area contributed by atoms with Gasteiger partial charge in [0.15, 0.2) is 0 Å². The van der Waals surface area contributed by atoms with E-state index < -0.39 is 22.0 Å². The van der Waals surface area contributed by atoms with Crippen LogP contribution < -0.4 is 10.0 Å². The maximum Gasteiger partial charge on any atom is 0.337 e. The number of fused-ring (bicyclic) bond motifs is 1. The molecule has 0 aliphatic heterocycles. The molecule has 0 aliphatic rings. The number of sulfonamides is 1. The zero-order valence-corrected chi connectivity index (χ0v) is 23.0. The van der Waals surface area contributed by atoms with Crippen LogP contribution in [0.4, 0.5) is 4.79 Å². The Morgan fingerprint density at radius 1 is 1.00 bits per heavy atom. The fourth-order valence-electron chi connectivity index (χ4n) is 4.57. The second-order valence-electron chi connectivity index (χ2n) is 9.31. The van der Waals surface area contributed by atoms with E-state index in [1.54, 1.807) is 37.3 Å². The van der Waals surface area contributed by atoms with Gasteiger partial charge in [-0.25, -0.2) is 27.7 Å². The molecule has 0 atom stereocenters. The van der Waals surface area contributed by atoms with Gasteiger partial charge in [0, 0.05) is 25.1 Å². The third-order valence-electron chi connectivity index (χ3n) is 6.51. The summed E-state index contributed by atoms with van der Waals surface area (Å²) < 4.78 is 29.9. The van der Waals surface area contributed by atoms with Crippen molar-refractivity contribution < 1.29 is 23.1 Å². The Bertz CT molecular complexity index is 1630. The second kappa shape index (κ2) is 11.7. The molecule has 10 heteroatoms. The number of rotatable bonds is 10. The molecular weight excluding hydrogens is 516 g/mol. The number of imidazole rings is 1. The molecule has 204 valence electrons. The first-order chi connectivity index (χ1) is 18.7. The molecule has 3 N–H and O–H groups in total. The highest BCUT2D eigenvalue weighted by Gasteiger charge is 2.22. The van der Waals surface area contributed by atoms with Crippen LogP contribution in [0, 0.1) is 6.92 Å². The third-order valence-corrected chi connectivity index (χ3v) is 7.90. The van der Waals surface area contributed by atoms with E-state index in [9.17, 15) is 23.1 Å². The largest absolute Gasteiger partial charge is 0.478 e. The Morgan fingerprint density at radius 2 is 1.72 bits per heavy atom. The standard InChI is InChI=1S/C29H32N4O5S/c1-4-6-11-25-31-26-19(3)12-17-23(28(34)35)27(26)33(25)18-20-13-15-21(16-14-20)22-9-7-8-10-24(22)39(37,38)32-29(36)30-5-2/h7-10,12-17H,4-6,11,18H2,1-3H3,(H,34,35)(H2,30,32,36). The first-order valence-electron chi connectivity index (χ1n) is 12.9. The van der Waals surface area contributed by atoms with Crippen LogP contribution in [-0.4, -0.2) is 41.6 Å². The number of unbranched alkanes of at least 4 members (excludes halogenated alkanes) is 1. The number of carboxylic acid groups (broad SMARTS) is 1. The van der Waals surface area contributed by atoms with Crippen molar-refractivity contribution in [1.29, 1.82) is 0 Å². The molecule has 2 amide bonds. The smallest absolute Gasteiger partial charge is 0.337 e. The van der Waals surface area contributed by atoms with E-state index in [0.29, 0.717) is 35.2 Å². The number of hydrogen-bond donors (Lipinski definition) is 3. The van der Waals surface area contributed by atoms with Gasteiger partial charge in [0.25, 0.3) is 10.0 Å². The Labute approximate surface area is 227 Å². The summed E-state index contributed by atoms with van der Waals surface area (Å²) in [5.41, 5.74) is 4.46. The summed E-state index contributed by atoms with van der Waals surface area (Å²) in [5.74, 6) is -0.168. The zero-order valence-electron chi connectivity index (χ0n) is 22.2. The number of urea groups is 1. The summed E-state index contributed by atoms with van der Waals surface area (Å²) in [6.07, 6.45) is 2.64. The predicted octanol–water partition coefficient (Wildman–Crippen LogP) is 5.11. The van der Waals surface area contributed by atoms with Gasteiger partial charge in [-0.15, -0.1) is 0 Å². The van der Waals surface area contributed by atoms with Crippen molar-refractivity contribution in [2.45, 2.75) is 51.5 Å². The molecule has 39 heavy (non-hydrogen) atoms. The van der Waals surface area contributed by atoms with Gasteiger partial charge >= 0.3 is 12.0 Å². The Hall–Kier alpha value is -4.18. The fourth-order valence-corrected chi connectivity index (χ4v) is 5.73. The number of aromatic carboxylic acids is 1. The Morgan fingerprint density at radius 3 is 2.38 bits per heavy atom. The van der Waals surface area contributed by atoms with Crippen molar-refractivity contribution in [3.8, 4) is 11.1 Å². The van der Waals surface area contributed by atoms with Crippen LogP contribution >= 0.6 is 0 Å². The van der Waals surface area contributed by atoms with Crippen molar-refractivity contribution in [3.63, 3.8) is 0 Å². The maximum atomic E-state index is 12.9. The molecule has 0 aliphatic carbocycles. The number of benzene rings is 3. The Kier molecular flexibility index (Phi) is 8.35. The number of carboxylic acids is 1. The minimum absolute atomic E-state index is 0.00645. The third kappa shape index (κ3) is 5.96. The average Bonchev–Trinajstić information content (AvgIpc) is 3.26. The summed E-state index contributed by atoms with van der Waals surface area (Å²) in [5, 5.41) is 12.3. The second-order valence-corrected chi connectivity index (χ2v) is 11.0. The zero-order chi connectivity index (χ0) is 28.2. The molecule has 0 fully saturated rings. The highest BCUT2D eigenvalue weighted by molar-refractivity contribution is 7.90. The van der Waals surface area contributed by atoms with Crippen LogP contribution in [0.1, 0.15) is 54.0 Å². The number of nitrogens with one attached hydrogen (secondary N) is 2. The van der Waals surface area contributed by atoms with E-state index in [-0.39, 0.29) is 10.5 Å². The predicted molar refractivity (Wildman–Crippen MR) is 150 cm³/mol. The topological polar surface area (TPSA) is 130 Å². The molecule has 4 rings (SSSR count). The first kappa shape index (κ1) is 27.8. The Balaban J connectivity index is 1.71. The highest BCUT2D eigenvalue weighted by Crippen LogP contribution is 2.29. The lowest BCUT2D eigenvalue weighted by Crippen LogP contribution is -2.39. The summed E-state index contributed by atoms with van der Waals surface area (Å²) in [6.45, 7) is 6.44. The highest BCUT2D eigenvalue weighted by atomic mass is 32.2. The van der Waals surface area contributed by atoms with Gasteiger partial charge in [-0.3, -0.25) is 0 Å². The van der Waals surface area contributed by atoms with Crippen LogP contribution in [0.25, 0.3) is 22.2 Å². The lowest BCUT2D eigenvalue weighted by molar-refractivity contribution is 0.0698. The van der Waals surface area contributed by atoms with Crippen molar-refractivity contribution in [3.05, 3.63) is 83.2 Å². The first-order valence-corrected chi connectivity index (χ1v) is 14.4. The number of aromatic nitrogens is 2. The van der Waals surface area contributed by atoms with E-state index in [4.69, 9.17) is 4.98 Å². The number of carbonyl (C=O) groups excluding carboxylic acids is 1. The molecule has 0 bridgehead atoms. The molecule has 9 nitrogen and oxygen atoms in total. The van der Waals surface area contributed by atoms with Crippen LogP contribution in [-0.2, 0) is 23.0 Å². The molecule has 0 unspecified atom stereocenters. The molecule has 1 heterocycles. The van der Waals surface area contributed by atoms with Gasteiger partial charge in [-0.2, -0.15) is 0 Å². The van der Waals surface area contributed by atoms with Crippen LogP contribution in [0.2, 0.25) is 0 Å². The molecular formula is C29H32N4O5S. The number of amides is 2. The molecule has 0 saturated carbocycles. The minimum atomic E-state index is -4.10. The average molecular weight is 549 g/mol. The maximum absolute atomic E-state index is 12.9. The van der Waals surface area contributed by atoms with Gasteiger partial charge in [0.05, 0.1) is 21.5 Å². The number of carbonyl (C=O) groups is 2. The van der Waals surface area contributed by atoms with Crippen LogP contribution in [0.3, 0.4) is 0 Å². The van der Waals surface area contributed by atoms with Crippen LogP contribution in [0.15, 0.2) is 65.6 Å². The normalized spacial score (nSPS) is 11.5. The quantitative estimate of drug-likeness (QED) is 0.253. The van der Waals surface area contributed by atoms with Crippen molar-refractivity contribution >= 4 is 33.1 Å². The van der Waals surface area contributed by atoms with E-state index in [1.807, 2.05) is 40.5 Å². The fraction of sp³-hybridized carbons (Fsp3) is 0.276. The van der Waals surface area contributed by atoms with Gasteiger partial charge in [-0.1, -0.05) is 61.9 Å². The summed E-state index contributed by atoms with van der Waals surface area (Å²) >= 11 is 0. The number of aryl methyl sites for hydroxylation is 2. The lowest BCUT2D eigenvalue weighted by Gasteiger charge is -2.14. The van der Waals surface area contributed by atoms with E-state index in [1.165, 1.54) is 6.07 Å². The van der Waals surface area contributed by atoms with Gasteiger partial charge in [-0.05, 0) is 49.1 Å². The molecule has 0 saturated heterocycles. The summed E-state index contributed by atoms with van der Waals surface area (Å²) in [4.78, 5) is 28.8. The van der Waals surface area contributed by atoms with Crippen molar-refractivity contribution in [2.24, 2.45) is 0 Å². The van der Waals surface area contributed by atoms with E-state index >= 15 is 0 Å². The lowest BCUT2D eigenvalue weighted by atomic mass is 10.0. The van der Waals surface area contributed by atoms with Gasteiger partial charge in [0.2, 0.25) is 0 Å². The van der Waals surface area contributed by atoms with Crippen LogP contribution in [0.5, 0.6) is 0 Å². The SMILES string of the molecule is CCCCc1nc2c(C)ccc(C(=O)O)c2n1Cc1ccc(-c2ccccc2S(=O)(=O)NC(=O)NCC)cc1. The molecule has 0 spiro atoms. The number of nitrogens with zero attached hydrogens (tertiary/aromatic N) is 2. The van der Waals surface area contributed by atoms with Crippen molar-refractivity contribution in [1.82, 2.24) is 19.6 Å². The molecule has 3 aromatic carbocycles. The van der Waals surface area contributed by atoms with E-state index in [0.717, 1.165) is 36.2 Å². The van der Waals surface area contributed by atoms with E-state index in [2.05, 4.69) is 12.2 Å². The summed E-state index contributed by atoms with van der Waals surface area (Å²) in [6, 6.07) is 16.5. The molecule has 0 radical (unpaired) electrons. The number of hydrogen-bond acceptors (Lipinski definition) is 5. The monoisotopic (exact) mass is 548 g/mol. The van der Waals surface area contributed by atoms with Gasteiger partial charge in [0.1, 0.15) is 5.82 Å². The van der Waals surface area contributed by atoms with Gasteiger partial charge < -0.3 is 15.0 Å². The molecule has 1 aromatic heterocycles. The summed E-state index contributed by atoms with van der Waals surface area (Å²) in [7, 11) is -4.10.